The van der Waals surface area contributed by atoms with Gasteiger partial charge >= 0.3 is 0 Å². The molecule has 1 saturated heterocycles. The molecule has 1 unspecified atom stereocenters. The minimum Gasteiger partial charge on any atom is -0.343 e. The summed E-state index contributed by atoms with van der Waals surface area (Å²) in [7, 11) is 0. The minimum absolute atomic E-state index is 0.117. The van der Waals surface area contributed by atoms with Crippen LogP contribution in [0.2, 0.25) is 0 Å². The second-order valence-corrected chi connectivity index (χ2v) is 6.99. The van der Waals surface area contributed by atoms with Crippen LogP contribution in [0.4, 0.5) is 0 Å². The lowest BCUT2D eigenvalue weighted by atomic mass is 10.1. The Labute approximate surface area is 152 Å². The van der Waals surface area contributed by atoms with Crippen molar-refractivity contribution < 1.29 is 9.59 Å². The molecule has 2 aromatic rings. The molecule has 2 amide bonds. The predicted octanol–water partition coefficient (Wildman–Crippen LogP) is 3.50. The number of nitrogens with zero attached hydrogens (tertiary/aromatic N) is 1. The van der Waals surface area contributed by atoms with Gasteiger partial charge in [-0.25, -0.2) is 0 Å². The van der Waals surface area contributed by atoms with Crippen molar-refractivity contribution in [1.82, 2.24) is 10.2 Å². The van der Waals surface area contributed by atoms with Gasteiger partial charge in [-0.3, -0.25) is 9.59 Å². The van der Waals surface area contributed by atoms with Crippen LogP contribution in [-0.4, -0.2) is 36.1 Å². The van der Waals surface area contributed by atoms with E-state index in [1.807, 2.05) is 65.8 Å². The highest BCUT2D eigenvalue weighted by atomic mass is 32.2. The van der Waals surface area contributed by atoms with Crippen LogP contribution in [0.25, 0.3) is 0 Å². The second-order valence-electron chi connectivity index (χ2n) is 6.11. The zero-order chi connectivity index (χ0) is 17.6. The van der Waals surface area contributed by atoms with E-state index in [0.29, 0.717) is 18.5 Å². The van der Waals surface area contributed by atoms with E-state index < -0.39 is 0 Å². The molecule has 1 atom stereocenters. The zero-order valence-electron chi connectivity index (χ0n) is 14.3. The first-order chi connectivity index (χ1) is 12.2. The van der Waals surface area contributed by atoms with Crippen molar-refractivity contribution in [3.63, 3.8) is 0 Å². The Kier molecular flexibility index (Phi) is 5.76. The topological polar surface area (TPSA) is 49.4 Å². The maximum absolute atomic E-state index is 12.7. The first kappa shape index (κ1) is 17.5. The summed E-state index contributed by atoms with van der Waals surface area (Å²) in [5.41, 5.74) is 1.64. The standard InChI is InChI=1S/C20H22N2O2S/c1-25-17-11-9-16(10-12-17)20(24)21-18(15-6-3-2-4-7-15)14-22-13-5-8-19(22)23/h2-4,6-7,9-12,18H,5,8,13-14H2,1H3,(H,21,24). The number of amides is 2. The van der Waals surface area contributed by atoms with Gasteiger partial charge in [-0.1, -0.05) is 30.3 Å². The molecule has 1 aliphatic rings. The van der Waals surface area contributed by atoms with Gasteiger partial charge in [0.2, 0.25) is 5.91 Å². The van der Waals surface area contributed by atoms with Crippen LogP contribution in [-0.2, 0) is 4.79 Å². The fraction of sp³-hybridized carbons (Fsp3) is 0.300. The van der Waals surface area contributed by atoms with Gasteiger partial charge in [0, 0.05) is 30.0 Å². The lowest BCUT2D eigenvalue weighted by Crippen LogP contribution is -2.38. The molecule has 5 heteroatoms. The van der Waals surface area contributed by atoms with Gasteiger partial charge < -0.3 is 10.2 Å². The summed E-state index contributed by atoms with van der Waals surface area (Å²) >= 11 is 1.65. The van der Waals surface area contributed by atoms with Crippen LogP contribution >= 0.6 is 11.8 Å². The summed E-state index contributed by atoms with van der Waals surface area (Å²) < 4.78 is 0. The highest BCUT2D eigenvalue weighted by molar-refractivity contribution is 7.98. The van der Waals surface area contributed by atoms with Crippen molar-refractivity contribution in [3.8, 4) is 0 Å². The molecule has 1 N–H and O–H groups in total. The van der Waals surface area contributed by atoms with Crippen LogP contribution in [0.1, 0.15) is 34.8 Å². The van der Waals surface area contributed by atoms with Gasteiger partial charge in [-0.2, -0.15) is 0 Å². The Balaban J connectivity index is 1.76. The fourth-order valence-electron chi connectivity index (χ4n) is 3.02. The van der Waals surface area contributed by atoms with Crippen molar-refractivity contribution in [2.75, 3.05) is 19.3 Å². The quantitative estimate of drug-likeness (QED) is 0.808. The lowest BCUT2D eigenvalue weighted by molar-refractivity contribution is -0.128. The van der Waals surface area contributed by atoms with E-state index in [0.717, 1.165) is 23.4 Å². The summed E-state index contributed by atoms with van der Waals surface area (Å²) in [4.78, 5) is 27.6. The highest BCUT2D eigenvalue weighted by Gasteiger charge is 2.25. The molecular weight excluding hydrogens is 332 g/mol. The molecule has 2 aromatic carbocycles. The minimum atomic E-state index is -0.212. The first-order valence-electron chi connectivity index (χ1n) is 8.45. The van der Waals surface area contributed by atoms with Crippen molar-refractivity contribution in [3.05, 3.63) is 65.7 Å². The molecule has 0 spiro atoms. The Morgan fingerprint density at radius 3 is 2.48 bits per heavy atom. The fourth-order valence-corrected chi connectivity index (χ4v) is 3.43. The summed E-state index contributed by atoms with van der Waals surface area (Å²) in [6.07, 6.45) is 3.50. The maximum Gasteiger partial charge on any atom is 0.251 e. The Hall–Kier alpha value is -2.27. The van der Waals surface area contributed by atoms with E-state index in [1.54, 1.807) is 11.8 Å². The summed E-state index contributed by atoms with van der Waals surface area (Å²) in [6.45, 7) is 1.28. The average molecular weight is 354 g/mol. The Morgan fingerprint density at radius 1 is 1.16 bits per heavy atom. The van der Waals surface area contributed by atoms with E-state index >= 15 is 0 Å². The molecule has 0 bridgehead atoms. The van der Waals surface area contributed by atoms with E-state index in [2.05, 4.69) is 5.32 Å². The normalized spacial score (nSPS) is 15.2. The number of carbonyl (C=O) groups excluding carboxylic acids is 2. The summed E-state index contributed by atoms with van der Waals surface area (Å²) in [5.74, 6) is 0.0488. The van der Waals surface area contributed by atoms with Crippen LogP contribution in [0.5, 0.6) is 0 Å². The van der Waals surface area contributed by atoms with Crippen LogP contribution in [0.3, 0.4) is 0 Å². The van der Waals surface area contributed by atoms with Crippen LogP contribution < -0.4 is 5.32 Å². The number of benzene rings is 2. The lowest BCUT2D eigenvalue weighted by Gasteiger charge is -2.25. The van der Waals surface area contributed by atoms with Crippen molar-refractivity contribution in [2.45, 2.75) is 23.8 Å². The van der Waals surface area contributed by atoms with Crippen LogP contribution in [0, 0.1) is 0 Å². The third-order valence-corrected chi connectivity index (χ3v) is 5.18. The second kappa shape index (κ2) is 8.21. The van der Waals surface area contributed by atoms with Gasteiger partial charge in [0.1, 0.15) is 0 Å². The van der Waals surface area contributed by atoms with E-state index in [-0.39, 0.29) is 17.9 Å². The van der Waals surface area contributed by atoms with Gasteiger partial charge in [-0.15, -0.1) is 11.8 Å². The molecule has 0 aromatic heterocycles. The number of thioether (sulfide) groups is 1. The molecule has 1 fully saturated rings. The van der Waals surface area contributed by atoms with Crippen molar-refractivity contribution >= 4 is 23.6 Å². The van der Waals surface area contributed by atoms with E-state index in [4.69, 9.17) is 0 Å². The number of rotatable bonds is 6. The van der Waals surface area contributed by atoms with Gasteiger partial charge in [-0.05, 0) is 42.5 Å². The number of carbonyl (C=O) groups is 2. The molecule has 1 aliphatic heterocycles. The number of hydrogen-bond donors (Lipinski definition) is 1. The smallest absolute Gasteiger partial charge is 0.251 e. The van der Waals surface area contributed by atoms with Gasteiger partial charge in [0.15, 0.2) is 0 Å². The zero-order valence-corrected chi connectivity index (χ0v) is 15.1. The predicted molar refractivity (Wildman–Crippen MR) is 101 cm³/mol. The summed E-state index contributed by atoms with van der Waals surface area (Å²) in [6, 6.07) is 17.2. The highest BCUT2D eigenvalue weighted by Crippen LogP contribution is 2.20. The largest absolute Gasteiger partial charge is 0.343 e. The van der Waals surface area contributed by atoms with Gasteiger partial charge in [0.25, 0.3) is 5.91 Å². The van der Waals surface area contributed by atoms with Gasteiger partial charge in [0.05, 0.1) is 6.04 Å². The SMILES string of the molecule is CSc1ccc(C(=O)NC(CN2CCCC2=O)c2ccccc2)cc1. The van der Waals surface area contributed by atoms with E-state index in [1.165, 1.54) is 0 Å². The molecule has 0 saturated carbocycles. The third-order valence-electron chi connectivity index (χ3n) is 4.43. The average Bonchev–Trinajstić information content (AvgIpc) is 3.06. The van der Waals surface area contributed by atoms with Crippen LogP contribution in [0.15, 0.2) is 59.5 Å². The molecule has 1 heterocycles. The summed E-state index contributed by atoms with van der Waals surface area (Å²) in [5, 5.41) is 3.09. The number of hydrogen-bond acceptors (Lipinski definition) is 3. The molecule has 130 valence electrons. The maximum atomic E-state index is 12.7. The molecule has 0 radical (unpaired) electrons. The van der Waals surface area contributed by atoms with E-state index in [9.17, 15) is 9.59 Å². The molecule has 25 heavy (non-hydrogen) atoms. The van der Waals surface area contributed by atoms with Crippen molar-refractivity contribution in [1.29, 1.82) is 0 Å². The third kappa shape index (κ3) is 4.42. The molecular formula is C20H22N2O2S. The van der Waals surface area contributed by atoms with Crippen molar-refractivity contribution in [2.24, 2.45) is 0 Å². The monoisotopic (exact) mass is 354 g/mol. The number of likely N-dealkylation sites (tertiary alicyclic amines) is 1. The molecule has 0 aliphatic carbocycles. The Morgan fingerprint density at radius 2 is 1.88 bits per heavy atom. The number of nitrogens with one attached hydrogen (secondary N) is 1. The molecule has 4 nitrogen and oxygen atoms in total. The Bertz CT molecular complexity index is 731. The first-order valence-corrected chi connectivity index (χ1v) is 9.67. The molecule has 3 rings (SSSR count).